The molecule has 7 nitrogen and oxygen atoms in total. The second-order valence-corrected chi connectivity index (χ2v) is 9.60. The quantitative estimate of drug-likeness (QED) is 0.424. The van der Waals surface area contributed by atoms with Gasteiger partial charge in [0.2, 0.25) is 10.0 Å². The summed E-state index contributed by atoms with van der Waals surface area (Å²) in [5, 5.41) is 8.35. The van der Waals surface area contributed by atoms with Gasteiger partial charge in [0.25, 0.3) is 0 Å². The van der Waals surface area contributed by atoms with Crippen LogP contribution in [0.2, 0.25) is 0 Å². The number of fused-ring (bicyclic) bond motifs is 3. The number of benzene rings is 3. The largest absolute Gasteiger partial charge is 0.495 e. The van der Waals surface area contributed by atoms with E-state index < -0.39 is 10.0 Å². The van der Waals surface area contributed by atoms with E-state index in [1.165, 1.54) is 26.2 Å². The summed E-state index contributed by atoms with van der Waals surface area (Å²) in [5.74, 6) is 0.604. The van der Waals surface area contributed by atoms with Crippen LogP contribution in [0.4, 0.5) is 11.4 Å². The number of para-hydroxylation sites is 1. The number of hydrogen-bond acceptors (Lipinski definition) is 5. The Bertz CT molecular complexity index is 1390. The van der Waals surface area contributed by atoms with Gasteiger partial charge in [-0.15, -0.1) is 0 Å². The van der Waals surface area contributed by atoms with Crippen molar-refractivity contribution in [3.05, 3.63) is 60.7 Å². The zero-order chi connectivity index (χ0) is 22.2. The third kappa shape index (κ3) is 4.07. The summed E-state index contributed by atoms with van der Waals surface area (Å²) in [6, 6.07) is 18.0. The molecule has 160 valence electrons. The molecule has 0 aliphatic heterocycles. The highest BCUT2D eigenvalue weighted by atomic mass is 32.2. The van der Waals surface area contributed by atoms with Gasteiger partial charge in [-0.25, -0.2) is 12.7 Å². The van der Waals surface area contributed by atoms with Gasteiger partial charge in [-0.3, -0.25) is 0 Å². The summed E-state index contributed by atoms with van der Waals surface area (Å²) in [6.45, 7) is 0. The summed E-state index contributed by atoms with van der Waals surface area (Å²) in [6.07, 6.45) is 0. The van der Waals surface area contributed by atoms with Crippen molar-refractivity contribution in [3.8, 4) is 5.75 Å². The Morgan fingerprint density at radius 3 is 2.48 bits per heavy atom. The third-order valence-electron chi connectivity index (χ3n) is 4.82. The Morgan fingerprint density at radius 1 is 0.968 bits per heavy atom. The zero-order valence-electron chi connectivity index (χ0n) is 17.2. The maximum absolute atomic E-state index is 12.4. The number of furan rings is 1. The minimum absolute atomic E-state index is 0.173. The Balaban J connectivity index is 1.61. The molecular weight excluding hydrogens is 434 g/mol. The normalized spacial score (nSPS) is 11.7. The smallest absolute Gasteiger partial charge is 0.242 e. The molecule has 0 saturated heterocycles. The van der Waals surface area contributed by atoms with Gasteiger partial charge >= 0.3 is 0 Å². The number of ether oxygens (including phenoxy) is 1. The number of nitrogens with one attached hydrogen (secondary N) is 2. The van der Waals surface area contributed by atoms with E-state index in [9.17, 15) is 8.42 Å². The van der Waals surface area contributed by atoms with Gasteiger partial charge in [0, 0.05) is 36.6 Å². The lowest BCUT2D eigenvalue weighted by molar-refractivity contribution is 0.417. The van der Waals surface area contributed by atoms with Crippen LogP contribution in [0.1, 0.15) is 0 Å². The Labute approximate surface area is 185 Å². The van der Waals surface area contributed by atoms with E-state index in [-0.39, 0.29) is 10.0 Å². The van der Waals surface area contributed by atoms with Crippen molar-refractivity contribution in [3.63, 3.8) is 0 Å². The van der Waals surface area contributed by atoms with Crippen LogP contribution in [0.15, 0.2) is 70.0 Å². The lowest BCUT2D eigenvalue weighted by Gasteiger charge is -2.15. The minimum Gasteiger partial charge on any atom is -0.495 e. The molecule has 4 rings (SSSR count). The molecule has 4 aromatic rings. The van der Waals surface area contributed by atoms with Crippen LogP contribution in [0.25, 0.3) is 21.9 Å². The number of hydrogen-bond donors (Lipinski definition) is 2. The molecule has 1 aromatic heterocycles. The van der Waals surface area contributed by atoms with Crippen molar-refractivity contribution in [1.29, 1.82) is 0 Å². The maximum Gasteiger partial charge on any atom is 0.242 e. The van der Waals surface area contributed by atoms with Gasteiger partial charge in [0.1, 0.15) is 16.9 Å². The third-order valence-corrected chi connectivity index (χ3v) is 6.83. The first-order chi connectivity index (χ1) is 14.8. The molecule has 1 heterocycles. The van der Waals surface area contributed by atoms with Crippen LogP contribution in [-0.4, -0.2) is 39.0 Å². The molecule has 9 heteroatoms. The molecule has 0 bridgehead atoms. The molecule has 0 aliphatic rings. The molecule has 31 heavy (non-hydrogen) atoms. The predicted molar refractivity (Wildman–Crippen MR) is 127 cm³/mol. The van der Waals surface area contributed by atoms with Gasteiger partial charge in [-0.1, -0.05) is 24.3 Å². The summed E-state index contributed by atoms with van der Waals surface area (Å²) in [7, 11) is 1.02. The fourth-order valence-corrected chi connectivity index (χ4v) is 4.42. The molecule has 2 N–H and O–H groups in total. The summed E-state index contributed by atoms with van der Waals surface area (Å²) >= 11 is 5.43. The molecular formula is C22H21N3O4S2. The molecule has 0 aliphatic carbocycles. The molecule has 3 aromatic carbocycles. The number of methoxy groups -OCH3 is 1. The van der Waals surface area contributed by atoms with Crippen LogP contribution in [0, 0.1) is 0 Å². The van der Waals surface area contributed by atoms with Crippen LogP contribution in [0.5, 0.6) is 5.75 Å². The Kier molecular flexibility index (Phi) is 5.57. The average molecular weight is 456 g/mol. The van der Waals surface area contributed by atoms with E-state index in [1.807, 2.05) is 36.4 Å². The van der Waals surface area contributed by atoms with E-state index in [0.29, 0.717) is 22.7 Å². The van der Waals surface area contributed by atoms with Gasteiger partial charge in [-0.2, -0.15) is 0 Å². The summed E-state index contributed by atoms with van der Waals surface area (Å²) in [5.41, 5.74) is 2.66. The topological polar surface area (TPSA) is 83.8 Å². The molecule has 0 atom stereocenters. The highest BCUT2D eigenvalue weighted by Gasteiger charge is 2.18. The lowest BCUT2D eigenvalue weighted by Crippen LogP contribution is -2.23. The number of anilines is 2. The number of rotatable bonds is 5. The first-order valence-electron chi connectivity index (χ1n) is 9.39. The van der Waals surface area contributed by atoms with E-state index in [2.05, 4.69) is 10.6 Å². The second kappa shape index (κ2) is 8.18. The number of nitrogens with zero attached hydrogens (tertiary/aromatic N) is 1. The van der Waals surface area contributed by atoms with E-state index in [0.717, 1.165) is 20.7 Å². The van der Waals surface area contributed by atoms with Crippen LogP contribution in [-0.2, 0) is 10.0 Å². The molecule has 0 saturated carbocycles. The van der Waals surface area contributed by atoms with Crippen LogP contribution in [0.3, 0.4) is 0 Å². The first-order valence-corrected chi connectivity index (χ1v) is 11.2. The standard InChI is InChI=1S/C22H21N3O4S2/c1-25(2)31(26,27)15-8-6-7-14(11-15)23-22(30)24-18-13-20-17(12-21(18)28-3)16-9-4-5-10-19(16)29-20/h4-13H,1-3H3,(H2,23,24,30). The molecule has 0 fully saturated rings. The minimum atomic E-state index is -3.54. The molecule has 0 unspecified atom stereocenters. The summed E-state index contributed by atoms with van der Waals surface area (Å²) in [4.78, 5) is 0.173. The number of sulfonamides is 1. The predicted octanol–water partition coefficient (Wildman–Crippen LogP) is 4.65. The van der Waals surface area contributed by atoms with Crippen molar-refractivity contribution < 1.29 is 17.6 Å². The van der Waals surface area contributed by atoms with Crippen molar-refractivity contribution in [2.75, 3.05) is 31.8 Å². The second-order valence-electron chi connectivity index (χ2n) is 7.04. The fraction of sp³-hybridized carbons (Fsp3) is 0.136. The molecule has 0 spiro atoms. The van der Waals surface area contributed by atoms with Gasteiger partial charge in [-0.05, 0) is 42.5 Å². The highest BCUT2D eigenvalue weighted by Crippen LogP contribution is 2.36. The van der Waals surface area contributed by atoms with Crippen LogP contribution >= 0.6 is 12.2 Å². The van der Waals surface area contributed by atoms with Crippen molar-refractivity contribution in [2.24, 2.45) is 0 Å². The lowest BCUT2D eigenvalue weighted by atomic mass is 10.1. The Hall–Kier alpha value is -3.14. The van der Waals surface area contributed by atoms with Gasteiger partial charge < -0.3 is 19.8 Å². The van der Waals surface area contributed by atoms with Crippen molar-refractivity contribution in [2.45, 2.75) is 4.90 Å². The number of thiocarbonyl (C=S) groups is 1. The maximum atomic E-state index is 12.4. The summed E-state index contributed by atoms with van der Waals surface area (Å²) < 4.78 is 37.4. The SMILES string of the molecule is COc1cc2c(cc1NC(=S)Nc1cccc(S(=O)(=O)N(C)C)c1)oc1ccccc12. The fourth-order valence-electron chi connectivity index (χ4n) is 3.25. The van der Waals surface area contributed by atoms with E-state index in [4.69, 9.17) is 21.4 Å². The van der Waals surface area contributed by atoms with Crippen LogP contribution < -0.4 is 15.4 Å². The Morgan fingerprint density at radius 2 is 1.74 bits per heavy atom. The highest BCUT2D eigenvalue weighted by molar-refractivity contribution is 7.89. The first kappa shape index (κ1) is 21.1. The monoisotopic (exact) mass is 455 g/mol. The van der Waals surface area contributed by atoms with Crippen molar-refractivity contribution >= 4 is 60.7 Å². The average Bonchev–Trinajstić information content (AvgIpc) is 3.10. The van der Waals surface area contributed by atoms with E-state index >= 15 is 0 Å². The van der Waals surface area contributed by atoms with Gasteiger partial charge in [0.05, 0.1) is 17.7 Å². The van der Waals surface area contributed by atoms with Gasteiger partial charge in [0.15, 0.2) is 5.11 Å². The zero-order valence-corrected chi connectivity index (χ0v) is 18.8. The van der Waals surface area contributed by atoms with Crippen molar-refractivity contribution in [1.82, 2.24) is 4.31 Å². The van der Waals surface area contributed by atoms with E-state index in [1.54, 1.807) is 19.2 Å². The molecule has 0 radical (unpaired) electrons. The molecule has 0 amide bonds.